The highest BCUT2D eigenvalue weighted by Gasteiger charge is 2.45. The molecule has 1 aliphatic heterocycles. The van der Waals surface area contributed by atoms with Gasteiger partial charge in [0.1, 0.15) is 16.8 Å². The first-order valence-corrected chi connectivity index (χ1v) is 5.35. The van der Waals surface area contributed by atoms with E-state index in [4.69, 9.17) is 22.1 Å². The van der Waals surface area contributed by atoms with Crippen LogP contribution in [-0.2, 0) is 4.74 Å². The third-order valence-electron chi connectivity index (χ3n) is 2.60. The van der Waals surface area contributed by atoms with E-state index in [9.17, 15) is 14.3 Å². The molecule has 1 unspecified atom stereocenters. The van der Waals surface area contributed by atoms with Crippen molar-refractivity contribution in [2.24, 2.45) is 0 Å². The van der Waals surface area contributed by atoms with E-state index < -0.39 is 36.9 Å². The van der Waals surface area contributed by atoms with Gasteiger partial charge in [-0.15, -0.1) is 0 Å². The van der Waals surface area contributed by atoms with Gasteiger partial charge in [0.05, 0.1) is 6.61 Å². The number of aliphatic hydroxyl groups excluding tert-OH is 2. The molecular formula is C9H11FN2O4S. The van der Waals surface area contributed by atoms with Crippen LogP contribution >= 0.6 is 12.2 Å². The molecule has 94 valence electrons. The fraction of sp³-hybridized carbons (Fsp3) is 0.556. The Labute approximate surface area is 100 Å². The number of hydrogen-bond donors (Lipinski definition) is 3. The highest BCUT2D eigenvalue weighted by molar-refractivity contribution is 7.71. The number of aliphatic hydroxyl groups is 2. The van der Waals surface area contributed by atoms with Crippen molar-refractivity contribution in [3.63, 3.8) is 0 Å². The highest BCUT2D eigenvalue weighted by atomic mass is 32.1. The maximum Gasteiger partial charge on any atom is 0.328 e. The zero-order valence-electron chi connectivity index (χ0n) is 8.62. The number of hydrogen-bond acceptors (Lipinski definition) is 5. The molecule has 0 aliphatic carbocycles. The summed E-state index contributed by atoms with van der Waals surface area (Å²) in [6, 6.07) is 1.41. The van der Waals surface area contributed by atoms with Crippen LogP contribution in [0.15, 0.2) is 17.1 Å². The van der Waals surface area contributed by atoms with Gasteiger partial charge in [0.15, 0.2) is 12.4 Å². The second-order valence-electron chi connectivity index (χ2n) is 3.70. The van der Waals surface area contributed by atoms with Crippen LogP contribution in [0.4, 0.5) is 4.39 Å². The topological polar surface area (TPSA) is 87.5 Å². The number of nitrogens with zero attached hydrogens (tertiary/aromatic N) is 1. The molecule has 1 aliphatic rings. The lowest BCUT2D eigenvalue weighted by Gasteiger charge is -2.15. The van der Waals surface area contributed by atoms with Gasteiger partial charge in [-0.05, 0) is 6.07 Å². The number of alkyl halides is 1. The third kappa shape index (κ3) is 2.16. The van der Waals surface area contributed by atoms with Gasteiger partial charge in [0, 0.05) is 6.20 Å². The predicted octanol–water partition coefficient (Wildman–Crippen LogP) is -0.505. The van der Waals surface area contributed by atoms with Crippen molar-refractivity contribution in [1.29, 1.82) is 0 Å². The number of aromatic amines is 1. The van der Waals surface area contributed by atoms with Gasteiger partial charge in [0.2, 0.25) is 0 Å². The van der Waals surface area contributed by atoms with Crippen molar-refractivity contribution in [1.82, 2.24) is 9.55 Å². The van der Waals surface area contributed by atoms with Crippen LogP contribution in [0.5, 0.6) is 0 Å². The van der Waals surface area contributed by atoms with Crippen LogP contribution in [0, 0.1) is 4.64 Å². The minimum absolute atomic E-state index is 0.221. The summed E-state index contributed by atoms with van der Waals surface area (Å²) in [6.07, 6.45) is -4.26. The summed E-state index contributed by atoms with van der Waals surface area (Å²) in [4.78, 5) is 13.8. The quantitative estimate of drug-likeness (QED) is 0.625. The molecule has 0 amide bonds. The van der Waals surface area contributed by atoms with Gasteiger partial charge in [-0.3, -0.25) is 9.55 Å². The minimum atomic E-state index is -1.78. The lowest BCUT2D eigenvalue weighted by atomic mass is 10.1. The summed E-state index contributed by atoms with van der Waals surface area (Å²) < 4.78 is 20.0. The Kier molecular flexibility index (Phi) is 3.38. The first-order chi connectivity index (χ1) is 8.04. The van der Waals surface area contributed by atoms with Crippen molar-refractivity contribution in [2.75, 3.05) is 6.61 Å². The molecule has 0 bridgehead atoms. The summed E-state index contributed by atoms with van der Waals surface area (Å²) in [5, 5.41) is 18.3. The molecule has 4 atom stereocenters. The van der Waals surface area contributed by atoms with Crippen LogP contribution in [0.25, 0.3) is 0 Å². The molecule has 6 nitrogen and oxygen atoms in total. The van der Waals surface area contributed by atoms with Gasteiger partial charge < -0.3 is 14.9 Å². The van der Waals surface area contributed by atoms with Crippen molar-refractivity contribution < 1.29 is 19.3 Å². The third-order valence-corrected chi connectivity index (χ3v) is 2.84. The van der Waals surface area contributed by atoms with E-state index in [1.54, 1.807) is 0 Å². The van der Waals surface area contributed by atoms with Gasteiger partial charge in [-0.1, -0.05) is 12.2 Å². The molecule has 1 aromatic heterocycles. The molecule has 1 saturated heterocycles. The molecule has 0 radical (unpaired) electrons. The van der Waals surface area contributed by atoms with Crippen LogP contribution in [0.3, 0.4) is 0 Å². The fourth-order valence-corrected chi connectivity index (χ4v) is 1.85. The van der Waals surface area contributed by atoms with Crippen molar-refractivity contribution >= 4 is 12.2 Å². The Balaban J connectivity index is 2.35. The van der Waals surface area contributed by atoms with E-state index in [2.05, 4.69) is 4.98 Å². The van der Waals surface area contributed by atoms with E-state index in [1.807, 2.05) is 0 Å². The van der Waals surface area contributed by atoms with Gasteiger partial charge in [-0.25, -0.2) is 9.18 Å². The Morgan fingerprint density at radius 3 is 2.88 bits per heavy atom. The molecule has 2 rings (SSSR count). The molecule has 1 aromatic rings. The maximum atomic E-state index is 13.7. The van der Waals surface area contributed by atoms with E-state index in [1.165, 1.54) is 12.3 Å². The summed E-state index contributed by atoms with van der Waals surface area (Å²) >= 11 is 4.74. The lowest BCUT2D eigenvalue weighted by Crippen LogP contribution is -2.33. The Morgan fingerprint density at radius 2 is 2.35 bits per heavy atom. The van der Waals surface area contributed by atoms with E-state index in [-0.39, 0.29) is 4.64 Å². The number of ether oxygens (including phenoxy) is 1. The molecule has 17 heavy (non-hydrogen) atoms. The average molecular weight is 262 g/mol. The molecular weight excluding hydrogens is 251 g/mol. The average Bonchev–Trinajstić information content (AvgIpc) is 2.57. The van der Waals surface area contributed by atoms with Crippen LogP contribution in [-0.4, -0.2) is 44.8 Å². The normalized spacial score (nSPS) is 32.9. The SMILES string of the molecule is O=c1[nH]c(=S)ccn1[C@@H]1O[C@H](CO)C(O)[C@@H]1F. The lowest BCUT2D eigenvalue weighted by molar-refractivity contribution is -0.0491. The van der Waals surface area contributed by atoms with Crippen LogP contribution in [0.1, 0.15) is 6.23 Å². The number of nitrogens with one attached hydrogen (secondary N) is 1. The summed E-state index contributed by atoms with van der Waals surface area (Å²) in [7, 11) is 0. The number of halogens is 1. The zero-order chi connectivity index (χ0) is 12.6. The Bertz CT molecular complexity index is 516. The first-order valence-electron chi connectivity index (χ1n) is 4.94. The fourth-order valence-electron chi connectivity index (χ4n) is 1.71. The highest BCUT2D eigenvalue weighted by Crippen LogP contribution is 2.30. The molecule has 0 saturated carbocycles. The largest absolute Gasteiger partial charge is 0.394 e. The number of aromatic nitrogens is 2. The second-order valence-corrected chi connectivity index (χ2v) is 4.14. The summed E-state index contributed by atoms with van der Waals surface area (Å²) in [6.45, 7) is -0.518. The standard InChI is InChI=1S/C9H11FN2O4S/c10-6-7(14)4(3-13)16-8(6)12-2-1-5(17)11-9(12)15/h1-2,4,6-8,13-14H,3H2,(H,11,15,17)/t4-,6+,7?,8-/m1/s1. The number of H-pyrrole nitrogens is 1. The monoisotopic (exact) mass is 262 g/mol. The van der Waals surface area contributed by atoms with Crippen molar-refractivity contribution in [3.8, 4) is 0 Å². The van der Waals surface area contributed by atoms with E-state index in [0.29, 0.717) is 0 Å². The number of rotatable bonds is 2. The van der Waals surface area contributed by atoms with E-state index >= 15 is 0 Å². The Morgan fingerprint density at radius 1 is 1.65 bits per heavy atom. The predicted molar refractivity (Wildman–Crippen MR) is 57.8 cm³/mol. The van der Waals surface area contributed by atoms with Crippen LogP contribution in [0.2, 0.25) is 0 Å². The molecule has 3 N–H and O–H groups in total. The van der Waals surface area contributed by atoms with Crippen LogP contribution < -0.4 is 5.69 Å². The zero-order valence-corrected chi connectivity index (χ0v) is 9.43. The first kappa shape index (κ1) is 12.4. The minimum Gasteiger partial charge on any atom is -0.394 e. The molecule has 0 spiro atoms. The second kappa shape index (κ2) is 4.65. The smallest absolute Gasteiger partial charge is 0.328 e. The molecule has 2 heterocycles. The molecule has 1 fully saturated rings. The van der Waals surface area contributed by atoms with Crippen molar-refractivity contribution in [2.45, 2.75) is 24.6 Å². The van der Waals surface area contributed by atoms with Gasteiger partial charge in [-0.2, -0.15) is 0 Å². The van der Waals surface area contributed by atoms with Gasteiger partial charge in [0.25, 0.3) is 0 Å². The van der Waals surface area contributed by atoms with Gasteiger partial charge >= 0.3 is 5.69 Å². The molecule has 0 aromatic carbocycles. The maximum absolute atomic E-state index is 13.7. The molecule has 8 heteroatoms. The summed E-state index contributed by atoms with van der Waals surface area (Å²) in [5.41, 5.74) is -0.629. The van der Waals surface area contributed by atoms with E-state index in [0.717, 1.165) is 4.57 Å². The summed E-state index contributed by atoms with van der Waals surface area (Å²) in [5.74, 6) is 0. The Hall–Kier alpha value is -1.09. The van der Waals surface area contributed by atoms with Crippen molar-refractivity contribution in [3.05, 3.63) is 27.4 Å².